The standard InChI is InChI=1S/C6H14O.C4H10O3/c1-5(2)7-6(3)4;5-1-3-7-4-2-6/h5-6H,1-4H3;5-6H,1-4H2. The van der Waals surface area contributed by atoms with Gasteiger partial charge in [-0.3, -0.25) is 0 Å². The Balaban J connectivity index is 0. The van der Waals surface area contributed by atoms with Gasteiger partial charge in [-0.25, -0.2) is 0 Å². The number of rotatable bonds is 6. The molecule has 0 saturated carbocycles. The van der Waals surface area contributed by atoms with Crippen LogP contribution in [0, 0.1) is 0 Å². The fourth-order valence-electron chi connectivity index (χ4n) is 0.775. The summed E-state index contributed by atoms with van der Waals surface area (Å²) < 4.78 is 9.88. The van der Waals surface area contributed by atoms with Gasteiger partial charge in [0.2, 0.25) is 0 Å². The van der Waals surface area contributed by atoms with Crippen molar-refractivity contribution in [2.45, 2.75) is 39.9 Å². The van der Waals surface area contributed by atoms with E-state index in [0.717, 1.165) is 0 Å². The maximum atomic E-state index is 8.09. The predicted octanol–water partition coefficient (Wildman–Crippen LogP) is 0.807. The molecule has 0 fully saturated rings. The average Bonchev–Trinajstić information content (AvgIpc) is 2.04. The Morgan fingerprint density at radius 3 is 1.36 bits per heavy atom. The number of aliphatic hydroxyl groups excluding tert-OH is 2. The summed E-state index contributed by atoms with van der Waals surface area (Å²) >= 11 is 0. The van der Waals surface area contributed by atoms with Crippen LogP contribution < -0.4 is 0 Å². The van der Waals surface area contributed by atoms with Crippen molar-refractivity contribution in [2.24, 2.45) is 0 Å². The van der Waals surface area contributed by atoms with Crippen LogP contribution in [0.1, 0.15) is 27.7 Å². The van der Waals surface area contributed by atoms with Gasteiger partial charge < -0.3 is 19.7 Å². The van der Waals surface area contributed by atoms with Crippen LogP contribution in [0.15, 0.2) is 0 Å². The second-order valence-electron chi connectivity index (χ2n) is 3.29. The monoisotopic (exact) mass is 208 g/mol. The van der Waals surface area contributed by atoms with Gasteiger partial charge in [-0.2, -0.15) is 0 Å². The van der Waals surface area contributed by atoms with E-state index in [1.165, 1.54) is 0 Å². The number of hydrogen-bond donors (Lipinski definition) is 2. The Kier molecular flexibility index (Phi) is 14.9. The van der Waals surface area contributed by atoms with Gasteiger partial charge in [0, 0.05) is 0 Å². The van der Waals surface area contributed by atoms with Crippen molar-refractivity contribution in [3.63, 3.8) is 0 Å². The summed E-state index contributed by atoms with van der Waals surface area (Å²) in [7, 11) is 0. The Morgan fingerprint density at radius 2 is 1.21 bits per heavy atom. The van der Waals surface area contributed by atoms with Crippen molar-refractivity contribution in [3.05, 3.63) is 0 Å². The minimum Gasteiger partial charge on any atom is -0.394 e. The lowest BCUT2D eigenvalue weighted by Crippen LogP contribution is -2.09. The average molecular weight is 208 g/mol. The second kappa shape index (κ2) is 12.8. The predicted molar refractivity (Wildman–Crippen MR) is 56.3 cm³/mol. The molecule has 0 saturated heterocycles. The lowest BCUT2D eigenvalue weighted by Gasteiger charge is -2.09. The molecule has 14 heavy (non-hydrogen) atoms. The van der Waals surface area contributed by atoms with Crippen LogP contribution in [0.4, 0.5) is 0 Å². The van der Waals surface area contributed by atoms with Gasteiger partial charge in [0.05, 0.1) is 38.6 Å². The van der Waals surface area contributed by atoms with Gasteiger partial charge in [-0.1, -0.05) is 0 Å². The van der Waals surface area contributed by atoms with Gasteiger partial charge >= 0.3 is 0 Å². The second-order valence-corrected chi connectivity index (χ2v) is 3.29. The first-order chi connectivity index (χ1) is 6.54. The topological polar surface area (TPSA) is 58.9 Å². The number of ether oxygens (including phenoxy) is 2. The Bertz CT molecular complexity index is 84.1. The van der Waals surface area contributed by atoms with Gasteiger partial charge in [0.15, 0.2) is 0 Å². The highest BCUT2D eigenvalue weighted by Crippen LogP contribution is 1.93. The molecule has 0 radical (unpaired) electrons. The third kappa shape index (κ3) is 22.6. The first-order valence-electron chi connectivity index (χ1n) is 4.99. The summed E-state index contributed by atoms with van der Waals surface area (Å²) in [5.41, 5.74) is 0. The zero-order valence-electron chi connectivity index (χ0n) is 9.69. The molecule has 0 rings (SSSR count). The molecule has 0 atom stereocenters. The highest BCUT2D eigenvalue weighted by Gasteiger charge is 1.94. The molecule has 0 spiro atoms. The summed E-state index contributed by atoms with van der Waals surface area (Å²) in [5, 5.41) is 16.2. The van der Waals surface area contributed by atoms with Gasteiger partial charge in [0.1, 0.15) is 0 Å². The number of aliphatic hydroxyl groups is 2. The van der Waals surface area contributed by atoms with Crippen molar-refractivity contribution in [1.29, 1.82) is 0 Å². The highest BCUT2D eigenvalue weighted by atomic mass is 16.5. The van der Waals surface area contributed by atoms with E-state index in [9.17, 15) is 0 Å². The van der Waals surface area contributed by atoms with Crippen molar-refractivity contribution in [1.82, 2.24) is 0 Å². The van der Waals surface area contributed by atoms with E-state index in [1.54, 1.807) is 0 Å². The van der Waals surface area contributed by atoms with Crippen LogP contribution in [-0.2, 0) is 9.47 Å². The van der Waals surface area contributed by atoms with Crippen LogP contribution in [0.3, 0.4) is 0 Å². The maximum absolute atomic E-state index is 8.09. The molecule has 0 aliphatic rings. The summed E-state index contributed by atoms with van der Waals surface area (Å²) in [5.74, 6) is 0. The smallest absolute Gasteiger partial charge is 0.0698 e. The first-order valence-corrected chi connectivity index (χ1v) is 4.99. The fraction of sp³-hybridized carbons (Fsp3) is 1.00. The molecule has 0 aliphatic heterocycles. The van der Waals surface area contributed by atoms with Gasteiger partial charge in [0.25, 0.3) is 0 Å². The van der Waals surface area contributed by atoms with E-state index in [1.807, 2.05) is 27.7 Å². The van der Waals surface area contributed by atoms with Crippen molar-refractivity contribution in [3.8, 4) is 0 Å². The highest BCUT2D eigenvalue weighted by molar-refractivity contribution is 4.40. The van der Waals surface area contributed by atoms with Crippen molar-refractivity contribution < 1.29 is 19.7 Å². The first kappa shape index (κ1) is 16.3. The minimum absolute atomic E-state index is 0.0278. The largest absolute Gasteiger partial charge is 0.394 e. The van der Waals surface area contributed by atoms with E-state index in [2.05, 4.69) is 4.74 Å². The van der Waals surface area contributed by atoms with E-state index >= 15 is 0 Å². The molecule has 88 valence electrons. The quantitative estimate of drug-likeness (QED) is 0.634. The molecule has 0 heterocycles. The number of hydrogen-bond acceptors (Lipinski definition) is 4. The Hall–Kier alpha value is -0.160. The fourth-order valence-corrected chi connectivity index (χ4v) is 0.775. The van der Waals surface area contributed by atoms with E-state index in [-0.39, 0.29) is 13.2 Å². The lowest BCUT2D eigenvalue weighted by molar-refractivity contribution is 0.0300. The molecule has 2 N–H and O–H groups in total. The molecule has 0 unspecified atom stereocenters. The summed E-state index contributed by atoms with van der Waals surface area (Å²) in [6.07, 6.45) is 0.750. The van der Waals surface area contributed by atoms with Gasteiger partial charge in [-0.05, 0) is 27.7 Å². The summed E-state index contributed by atoms with van der Waals surface area (Å²) in [4.78, 5) is 0. The van der Waals surface area contributed by atoms with Crippen LogP contribution >= 0.6 is 0 Å². The molecular formula is C10H24O4. The van der Waals surface area contributed by atoms with Crippen molar-refractivity contribution >= 4 is 0 Å². The Labute approximate surface area is 86.8 Å². The van der Waals surface area contributed by atoms with Crippen LogP contribution in [-0.4, -0.2) is 48.8 Å². The summed E-state index contributed by atoms with van der Waals surface area (Å²) in [6.45, 7) is 8.86. The zero-order valence-corrected chi connectivity index (χ0v) is 9.69. The zero-order chi connectivity index (χ0) is 11.4. The van der Waals surface area contributed by atoms with E-state index in [0.29, 0.717) is 25.4 Å². The molecule has 0 bridgehead atoms. The lowest BCUT2D eigenvalue weighted by atomic mass is 10.4. The third-order valence-corrected chi connectivity index (χ3v) is 1.02. The van der Waals surface area contributed by atoms with Crippen molar-refractivity contribution in [2.75, 3.05) is 26.4 Å². The molecule has 4 heteroatoms. The SMILES string of the molecule is CC(C)OC(C)C.OCCOCCO. The molecule has 0 aromatic carbocycles. The minimum atomic E-state index is 0.0278. The molecule has 4 nitrogen and oxygen atoms in total. The molecule has 0 aromatic heterocycles. The van der Waals surface area contributed by atoms with Crippen LogP contribution in [0.5, 0.6) is 0 Å². The maximum Gasteiger partial charge on any atom is 0.0698 e. The third-order valence-electron chi connectivity index (χ3n) is 1.02. The van der Waals surface area contributed by atoms with E-state index < -0.39 is 0 Å². The molecule has 0 aliphatic carbocycles. The van der Waals surface area contributed by atoms with Crippen LogP contribution in [0.2, 0.25) is 0 Å². The summed E-state index contributed by atoms with van der Waals surface area (Å²) in [6, 6.07) is 0. The van der Waals surface area contributed by atoms with E-state index in [4.69, 9.17) is 14.9 Å². The molecule has 0 aromatic rings. The van der Waals surface area contributed by atoms with Crippen LogP contribution in [0.25, 0.3) is 0 Å². The molecule has 0 amide bonds. The normalized spacial score (nSPS) is 10.3. The van der Waals surface area contributed by atoms with Gasteiger partial charge in [-0.15, -0.1) is 0 Å². The Morgan fingerprint density at radius 1 is 0.857 bits per heavy atom. The molecular weight excluding hydrogens is 184 g/mol.